The fraction of sp³-hybridized carbons (Fsp3) is 1.00. The maximum Gasteiger partial charge on any atom is 1.00 e. The maximum absolute atomic E-state index is 9.29. The van der Waals surface area contributed by atoms with Gasteiger partial charge in [0.05, 0.1) is 8.60 Å². The van der Waals surface area contributed by atoms with Crippen LogP contribution < -0.4 is 34.5 Å². The summed E-state index contributed by atoms with van der Waals surface area (Å²) in [5.74, 6) is 0. The van der Waals surface area contributed by atoms with E-state index in [9.17, 15) is 4.89 Å². The maximum atomic E-state index is 9.29. The van der Waals surface area contributed by atoms with Crippen molar-refractivity contribution in [2.24, 2.45) is 0 Å². The summed E-state index contributed by atoms with van der Waals surface area (Å²) in [5, 5.41) is 0. The molecule has 0 rings (SSSR count). The van der Waals surface area contributed by atoms with E-state index in [1.165, 1.54) is 7.11 Å². The summed E-state index contributed by atoms with van der Waals surface area (Å²) < 4.78 is 3.81. The predicted molar refractivity (Wildman–Crippen MR) is 16.1 cm³/mol. The molecule has 0 aromatic rings. The van der Waals surface area contributed by atoms with Gasteiger partial charge in [0.1, 0.15) is 0 Å². The van der Waals surface area contributed by atoms with Crippen molar-refractivity contribution in [2.45, 2.75) is 0 Å². The van der Waals surface area contributed by atoms with Gasteiger partial charge in [-0.15, -0.1) is 0 Å². The second kappa shape index (κ2) is 6.31. The normalized spacial score (nSPS) is 12.5. The van der Waals surface area contributed by atoms with E-state index in [2.05, 4.69) is 4.52 Å². The average molecular weight is 118 g/mol. The molecule has 1 atom stereocenters. The van der Waals surface area contributed by atoms with Crippen molar-refractivity contribution in [2.75, 3.05) is 7.11 Å². The van der Waals surface area contributed by atoms with Gasteiger partial charge in [-0.25, -0.2) is 0 Å². The Bertz CT molecular complexity index is 24.8. The molecule has 0 aliphatic carbocycles. The smallest absolute Gasteiger partial charge is 0.786 e. The Morgan fingerprint density at radius 1 is 1.83 bits per heavy atom. The van der Waals surface area contributed by atoms with Crippen molar-refractivity contribution in [1.82, 2.24) is 0 Å². The van der Waals surface area contributed by atoms with Gasteiger partial charge in [0, 0.05) is 7.11 Å². The molecule has 0 saturated heterocycles. The Morgan fingerprint density at radius 2 is 2.00 bits per heavy atom. The van der Waals surface area contributed by atoms with Crippen molar-refractivity contribution >= 4 is 8.60 Å². The zero-order chi connectivity index (χ0) is 4.28. The summed E-state index contributed by atoms with van der Waals surface area (Å²) >= 11 is 0. The summed E-state index contributed by atoms with van der Waals surface area (Å²) in [5.41, 5.74) is 0. The predicted octanol–water partition coefficient (Wildman–Crippen LogP) is -3.78. The molecule has 1 unspecified atom stereocenters. The minimum atomic E-state index is -2.35. The molecule has 1 N–H and O–H groups in total. The second-order valence-electron chi connectivity index (χ2n) is 0.420. The molecular formula is CH4NaO3P. The topological polar surface area (TPSA) is 52.5 Å². The van der Waals surface area contributed by atoms with E-state index in [0.29, 0.717) is 0 Å². The molecule has 6 heavy (non-hydrogen) atoms. The van der Waals surface area contributed by atoms with Crippen LogP contribution in [0.15, 0.2) is 0 Å². The molecule has 0 aromatic carbocycles. The second-order valence-corrected chi connectivity index (χ2v) is 1.26. The van der Waals surface area contributed by atoms with Crippen molar-refractivity contribution < 1.29 is 43.9 Å². The SMILES string of the molecule is COP([O-])O.[Na+]. The van der Waals surface area contributed by atoms with E-state index in [1.807, 2.05) is 0 Å². The van der Waals surface area contributed by atoms with Crippen molar-refractivity contribution in [1.29, 1.82) is 0 Å². The number of hydrogen-bond donors (Lipinski definition) is 1. The molecule has 0 spiro atoms. The zero-order valence-electron chi connectivity index (χ0n) is 3.71. The summed E-state index contributed by atoms with van der Waals surface area (Å²) in [6.45, 7) is 0. The summed E-state index contributed by atoms with van der Waals surface area (Å²) in [7, 11) is -1.18. The van der Waals surface area contributed by atoms with Crippen LogP contribution in [0.3, 0.4) is 0 Å². The minimum Gasteiger partial charge on any atom is -0.786 e. The molecule has 32 valence electrons. The van der Waals surface area contributed by atoms with E-state index in [1.54, 1.807) is 0 Å². The van der Waals surface area contributed by atoms with Gasteiger partial charge in [0.25, 0.3) is 0 Å². The van der Waals surface area contributed by atoms with Crippen LogP contribution in [0, 0.1) is 0 Å². The third-order valence-corrected chi connectivity index (χ3v) is 0.469. The molecule has 0 radical (unpaired) electrons. The Labute approximate surface area is 59.6 Å². The molecule has 0 aliphatic heterocycles. The molecule has 0 aromatic heterocycles. The first kappa shape index (κ1) is 10.3. The average Bonchev–Trinajstić information content (AvgIpc) is 1.38. The summed E-state index contributed by atoms with van der Waals surface area (Å²) in [6.07, 6.45) is 0. The third-order valence-electron chi connectivity index (χ3n) is 0.156. The van der Waals surface area contributed by atoms with Crippen LogP contribution in [-0.2, 0) is 4.52 Å². The van der Waals surface area contributed by atoms with Gasteiger partial charge >= 0.3 is 29.6 Å². The van der Waals surface area contributed by atoms with Crippen LogP contribution in [0.25, 0.3) is 0 Å². The van der Waals surface area contributed by atoms with Gasteiger partial charge in [0.15, 0.2) is 0 Å². The van der Waals surface area contributed by atoms with Gasteiger partial charge < -0.3 is 14.3 Å². The Hall–Kier alpha value is 1.31. The Kier molecular flexibility index (Phi) is 10.9. The van der Waals surface area contributed by atoms with Crippen molar-refractivity contribution in [3.8, 4) is 0 Å². The van der Waals surface area contributed by atoms with Crippen LogP contribution in [0.2, 0.25) is 0 Å². The first-order valence-corrected chi connectivity index (χ1v) is 2.10. The van der Waals surface area contributed by atoms with E-state index in [-0.39, 0.29) is 29.6 Å². The Balaban J connectivity index is 0. The molecule has 0 bridgehead atoms. The molecule has 0 heterocycles. The first-order valence-electron chi connectivity index (χ1n) is 0.973. The monoisotopic (exact) mass is 118 g/mol. The van der Waals surface area contributed by atoms with E-state index in [0.717, 1.165) is 0 Å². The largest absolute Gasteiger partial charge is 1.00 e. The van der Waals surface area contributed by atoms with Gasteiger partial charge in [-0.3, -0.25) is 0 Å². The Morgan fingerprint density at radius 3 is 2.00 bits per heavy atom. The van der Waals surface area contributed by atoms with Crippen LogP contribution in [0.4, 0.5) is 0 Å². The number of hydrogen-bond acceptors (Lipinski definition) is 3. The van der Waals surface area contributed by atoms with Gasteiger partial charge in [-0.05, 0) is 0 Å². The van der Waals surface area contributed by atoms with E-state index in [4.69, 9.17) is 4.89 Å². The molecule has 0 saturated carbocycles. The van der Waals surface area contributed by atoms with Crippen molar-refractivity contribution in [3.05, 3.63) is 0 Å². The van der Waals surface area contributed by atoms with Gasteiger partial charge in [0.2, 0.25) is 0 Å². The quantitative estimate of drug-likeness (QED) is 0.284. The van der Waals surface area contributed by atoms with E-state index < -0.39 is 8.60 Å². The fourth-order valence-corrected chi connectivity index (χ4v) is 0. The first-order chi connectivity index (χ1) is 2.27. The molecule has 0 fully saturated rings. The molecule has 3 nitrogen and oxygen atoms in total. The van der Waals surface area contributed by atoms with Crippen molar-refractivity contribution in [3.63, 3.8) is 0 Å². The van der Waals surface area contributed by atoms with Crippen LogP contribution in [-0.4, -0.2) is 12.0 Å². The molecular weight excluding hydrogens is 114 g/mol. The van der Waals surface area contributed by atoms with Crippen LogP contribution in [0.5, 0.6) is 0 Å². The van der Waals surface area contributed by atoms with Gasteiger partial charge in [-0.1, -0.05) is 0 Å². The summed E-state index contributed by atoms with van der Waals surface area (Å²) in [6, 6.07) is 0. The standard InChI is InChI=1S/CH4O3P.Na/c1-4-5(2)3;/h2H,1H3;/q-1;+1. The third kappa shape index (κ3) is 9.00. The fourth-order valence-electron chi connectivity index (χ4n) is 0. The summed E-state index contributed by atoms with van der Waals surface area (Å²) in [4.78, 5) is 16.9. The van der Waals surface area contributed by atoms with E-state index >= 15 is 0 Å². The molecule has 5 heteroatoms. The van der Waals surface area contributed by atoms with Crippen LogP contribution >= 0.6 is 8.60 Å². The van der Waals surface area contributed by atoms with Gasteiger partial charge in [-0.2, -0.15) is 0 Å². The minimum absolute atomic E-state index is 0. The molecule has 0 amide bonds. The molecule has 0 aliphatic rings. The zero-order valence-corrected chi connectivity index (χ0v) is 6.61. The number of rotatable bonds is 1. The van der Waals surface area contributed by atoms with Crippen LogP contribution in [0.1, 0.15) is 0 Å².